The van der Waals surface area contributed by atoms with Crippen LogP contribution in [0, 0.1) is 11.8 Å². The molecule has 1 aromatic rings. The largest absolute Gasteiger partial charge is 0.422 e. The minimum atomic E-state index is -4.47. The highest BCUT2D eigenvalue weighted by atomic mass is 19.4. The standard InChI is InChI=1S/C22H33F3N3O3.C2H3F3.C2H6/c1-15(5-4-8-26-19-7-10-31-14-16(19)2)21(29)27-9-6-20-17(12-27)11-18(22(23,24)25)13-28(20)30-3;1-2(3,4)5;1-2/h11,13,15-16,19,26H,4-10,12,14H2,1-3H3;1H3;1-2H3/q+1;;/t15-,16?,19?;;/m1../s1. The number of aromatic nitrogens is 1. The summed E-state index contributed by atoms with van der Waals surface area (Å²) in [5.41, 5.74) is 0.393. The van der Waals surface area contributed by atoms with E-state index in [1.807, 2.05) is 20.8 Å². The maximum atomic E-state index is 13.2. The maximum absolute atomic E-state index is 13.2. The van der Waals surface area contributed by atoms with E-state index in [-0.39, 0.29) is 25.3 Å². The molecular weight excluding hydrogens is 516 g/mol. The maximum Gasteiger partial charge on any atom is 0.422 e. The summed E-state index contributed by atoms with van der Waals surface area (Å²) < 4.78 is 77.4. The Labute approximate surface area is 221 Å². The van der Waals surface area contributed by atoms with Crippen LogP contribution in [0.25, 0.3) is 0 Å². The van der Waals surface area contributed by atoms with Crippen molar-refractivity contribution >= 4 is 5.91 Å². The first kappa shape index (κ1) is 33.9. The van der Waals surface area contributed by atoms with Crippen LogP contribution in [0.3, 0.4) is 0 Å². The lowest BCUT2D eigenvalue weighted by Gasteiger charge is -2.30. The Morgan fingerprint density at radius 2 is 1.89 bits per heavy atom. The summed E-state index contributed by atoms with van der Waals surface area (Å²) in [6.07, 6.45) is -4.42. The van der Waals surface area contributed by atoms with Gasteiger partial charge in [-0.1, -0.05) is 27.7 Å². The smallest absolute Gasteiger partial charge is 0.381 e. The molecule has 38 heavy (non-hydrogen) atoms. The van der Waals surface area contributed by atoms with Crippen LogP contribution >= 0.6 is 0 Å². The highest BCUT2D eigenvalue weighted by Crippen LogP contribution is 2.31. The summed E-state index contributed by atoms with van der Waals surface area (Å²) in [5, 5.41) is 3.56. The quantitative estimate of drug-likeness (QED) is 0.292. The molecule has 2 aliphatic heterocycles. The van der Waals surface area contributed by atoms with Crippen LogP contribution in [0.1, 0.15) is 70.7 Å². The van der Waals surface area contributed by atoms with E-state index in [0.29, 0.717) is 36.2 Å². The lowest BCUT2D eigenvalue weighted by molar-refractivity contribution is -0.891. The molecule has 0 aliphatic carbocycles. The number of rotatable bonds is 7. The van der Waals surface area contributed by atoms with E-state index in [0.717, 1.165) is 51.3 Å². The number of hydrogen-bond acceptors (Lipinski definition) is 4. The zero-order valence-corrected chi connectivity index (χ0v) is 23.1. The first-order chi connectivity index (χ1) is 17.7. The molecule has 3 heterocycles. The van der Waals surface area contributed by atoms with E-state index in [4.69, 9.17) is 9.57 Å². The van der Waals surface area contributed by atoms with Gasteiger partial charge in [-0.3, -0.25) is 9.63 Å². The number of nitrogens with zero attached hydrogens (tertiary/aromatic N) is 2. The third-order valence-corrected chi connectivity index (χ3v) is 6.32. The number of hydrogen-bond donors (Lipinski definition) is 1. The molecule has 1 fully saturated rings. The molecule has 220 valence electrons. The van der Waals surface area contributed by atoms with Crippen molar-refractivity contribution in [1.29, 1.82) is 0 Å². The molecule has 0 bridgehead atoms. The van der Waals surface area contributed by atoms with Crippen LogP contribution < -0.4 is 14.9 Å². The number of carbonyl (C=O) groups is 1. The van der Waals surface area contributed by atoms with E-state index in [9.17, 15) is 31.1 Å². The predicted molar refractivity (Wildman–Crippen MR) is 131 cm³/mol. The van der Waals surface area contributed by atoms with Gasteiger partial charge in [0.05, 0.1) is 19.6 Å². The summed E-state index contributed by atoms with van der Waals surface area (Å²) in [5.74, 6) is 0.306. The van der Waals surface area contributed by atoms with Gasteiger partial charge in [-0.05, 0) is 37.8 Å². The summed E-state index contributed by atoms with van der Waals surface area (Å²) >= 11 is 0. The molecule has 12 heteroatoms. The Morgan fingerprint density at radius 1 is 1.26 bits per heavy atom. The topological polar surface area (TPSA) is 54.7 Å². The molecule has 2 aliphatic rings. The lowest BCUT2D eigenvalue weighted by atomic mass is 9.97. The molecule has 2 unspecified atom stereocenters. The monoisotopic (exact) mass is 558 g/mol. The van der Waals surface area contributed by atoms with Gasteiger partial charge in [-0.15, -0.1) is 0 Å². The van der Waals surface area contributed by atoms with Crippen LogP contribution in [-0.2, 0) is 28.7 Å². The second-order valence-electron chi connectivity index (χ2n) is 9.44. The van der Waals surface area contributed by atoms with Gasteiger partial charge in [0.1, 0.15) is 12.7 Å². The normalized spacial score (nSPS) is 20.3. The second kappa shape index (κ2) is 15.5. The zero-order valence-electron chi connectivity index (χ0n) is 23.1. The zero-order chi connectivity index (χ0) is 29.1. The Bertz CT molecular complexity index is 858. The molecule has 3 rings (SSSR count). The number of alkyl halides is 6. The fourth-order valence-corrected chi connectivity index (χ4v) is 4.41. The van der Waals surface area contributed by atoms with Crippen molar-refractivity contribution in [2.45, 2.75) is 85.2 Å². The average molecular weight is 559 g/mol. The van der Waals surface area contributed by atoms with Gasteiger partial charge in [0.2, 0.25) is 17.8 Å². The van der Waals surface area contributed by atoms with E-state index in [1.165, 1.54) is 11.8 Å². The van der Waals surface area contributed by atoms with Gasteiger partial charge >= 0.3 is 12.4 Å². The van der Waals surface area contributed by atoms with Crippen molar-refractivity contribution in [3.05, 3.63) is 29.1 Å². The molecular formula is C26H42F6N3O3+. The van der Waals surface area contributed by atoms with E-state index in [2.05, 4.69) is 12.2 Å². The molecule has 0 aromatic carbocycles. The fraction of sp³-hybridized carbons (Fsp3) is 0.769. The molecule has 3 atom stereocenters. The molecule has 0 spiro atoms. The number of pyridine rings is 1. The highest BCUT2D eigenvalue weighted by Gasteiger charge is 2.38. The Kier molecular flexibility index (Phi) is 13.8. The first-order valence-electron chi connectivity index (χ1n) is 13.1. The Morgan fingerprint density at radius 3 is 2.45 bits per heavy atom. The van der Waals surface area contributed by atoms with Gasteiger partial charge < -0.3 is 15.0 Å². The van der Waals surface area contributed by atoms with Crippen LogP contribution in [0.4, 0.5) is 26.3 Å². The van der Waals surface area contributed by atoms with E-state index >= 15 is 0 Å². The van der Waals surface area contributed by atoms with Gasteiger partial charge in [-0.25, -0.2) is 0 Å². The van der Waals surface area contributed by atoms with Gasteiger partial charge in [-0.2, -0.15) is 26.3 Å². The summed E-state index contributed by atoms with van der Waals surface area (Å²) in [6.45, 7) is 11.3. The molecule has 0 radical (unpaired) electrons. The first-order valence-corrected chi connectivity index (χ1v) is 13.1. The molecule has 1 saturated heterocycles. The molecule has 1 amide bonds. The van der Waals surface area contributed by atoms with Crippen LogP contribution in [0.15, 0.2) is 12.3 Å². The fourth-order valence-electron chi connectivity index (χ4n) is 4.41. The van der Waals surface area contributed by atoms with E-state index in [1.54, 1.807) is 4.90 Å². The molecule has 6 nitrogen and oxygen atoms in total. The van der Waals surface area contributed by atoms with Gasteiger partial charge in [0.25, 0.3) is 0 Å². The number of ether oxygens (including phenoxy) is 1. The average Bonchev–Trinajstić information content (AvgIpc) is 2.85. The number of fused-ring (bicyclic) bond motifs is 1. The van der Waals surface area contributed by atoms with Crippen LogP contribution in [0.2, 0.25) is 0 Å². The Hall–Kier alpha value is -2.08. The van der Waals surface area contributed by atoms with Crippen molar-refractivity contribution in [3.8, 4) is 0 Å². The number of carbonyl (C=O) groups excluding carboxylic acids is 1. The summed E-state index contributed by atoms with van der Waals surface area (Å²) in [7, 11) is 1.34. The summed E-state index contributed by atoms with van der Waals surface area (Å²) in [4.78, 5) is 19.7. The number of amides is 1. The SMILES string of the molecule is CC.CC(F)(F)F.CO[n+]1cc(C(F)(F)F)cc2c1CCN(C(=O)[C@H](C)CCCNC1CCOCC1C)C2. The third-order valence-electron chi connectivity index (χ3n) is 6.32. The van der Waals surface area contributed by atoms with Crippen molar-refractivity contribution in [2.24, 2.45) is 11.8 Å². The second-order valence-corrected chi connectivity index (χ2v) is 9.44. The molecule has 1 aromatic heterocycles. The number of halogens is 6. The van der Waals surface area contributed by atoms with Crippen molar-refractivity contribution < 1.29 is 45.4 Å². The van der Waals surface area contributed by atoms with E-state index < -0.39 is 17.9 Å². The van der Waals surface area contributed by atoms with Gasteiger partial charge in [0.15, 0.2) is 0 Å². The predicted octanol–water partition coefficient (Wildman–Crippen LogP) is 4.96. The van der Waals surface area contributed by atoms with Gasteiger partial charge in [0, 0.05) is 42.3 Å². The third kappa shape index (κ3) is 11.3. The molecule has 0 saturated carbocycles. The van der Waals surface area contributed by atoms with Crippen molar-refractivity contribution in [2.75, 3.05) is 33.4 Å². The number of nitrogens with one attached hydrogen (secondary N) is 1. The van der Waals surface area contributed by atoms with Crippen molar-refractivity contribution in [3.63, 3.8) is 0 Å². The van der Waals surface area contributed by atoms with Crippen LogP contribution in [0.5, 0.6) is 0 Å². The molecule has 1 N–H and O–H groups in total. The lowest BCUT2D eigenvalue weighted by Crippen LogP contribution is -2.50. The van der Waals surface area contributed by atoms with Crippen LogP contribution in [-0.4, -0.2) is 56.4 Å². The summed E-state index contributed by atoms with van der Waals surface area (Å²) in [6, 6.07) is 1.59. The minimum Gasteiger partial charge on any atom is -0.381 e. The highest BCUT2D eigenvalue weighted by molar-refractivity contribution is 5.78. The van der Waals surface area contributed by atoms with Crippen molar-refractivity contribution in [1.82, 2.24) is 10.2 Å². The minimum absolute atomic E-state index is 0.00790. The Balaban J connectivity index is 0.000000924.